The van der Waals surface area contributed by atoms with E-state index in [-0.39, 0.29) is 45.7 Å². The number of amides is 1. The minimum atomic E-state index is -1.57. The van der Waals surface area contributed by atoms with Gasteiger partial charge in [0.15, 0.2) is 11.6 Å². The molecule has 3 saturated carbocycles. The van der Waals surface area contributed by atoms with Crippen LogP contribution in [0.4, 0.5) is 0 Å². The van der Waals surface area contributed by atoms with Gasteiger partial charge in [0.1, 0.15) is 17.4 Å². The van der Waals surface area contributed by atoms with Crippen molar-refractivity contribution in [2.45, 2.75) is 99.0 Å². The van der Waals surface area contributed by atoms with Crippen LogP contribution < -0.4 is 5.32 Å². The molecule has 44 heavy (non-hydrogen) atoms. The van der Waals surface area contributed by atoms with Crippen LogP contribution in [0.1, 0.15) is 104 Å². The van der Waals surface area contributed by atoms with Crippen LogP contribution in [0.25, 0.3) is 0 Å². The molecule has 5 aliphatic rings. The first-order valence-electron chi connectivity index (χ1n) is 16.3. The Bertz CT molecular complexity index is 1580. The molecule has 0 unspecified atom stereocenters. The van der Waals surface area contributed by atoms with Crippen molar-refractivity contribution in [3.63, 3.8) is 0 Å². The summed E-state index contributed by atoms with van der Waals surface area (Å²) in [6, 6.07) is 3.86. The van der Waals surface area contributed by atoms with E-state index in [4.69, 9.17) is 0 Å². The minimum absolute atomic E-state index is 0.0450. The van der Waals surface area contributed by atoms with Crippen molar-refractivity contribution in [3.05, 3.63) is 41.3 Å². The maximum absolute atomic E-state index is 14.7. The SMILES string of the molecule is Cn1nccc1C(=O)NC[C@@]1(C)CC[C@]2(C)CC[C@@]3(C)[C@]4(C)CC[C@H]5C(C)(C)C(=O)C(C#N)=C[C@]5(C)C4=CC(=O)[C@]3(O)[C@@H]2C1. The Labute approximate surface area is 261 Å². The summed E-state index contributed by atoms with van der Waals surface area (Å²) in [6.45, 7) is 15.2. The van der Waals surface area contributed by atoms with Gasteiger partial charge in [0.2, 0.25) is 0 Å². The van der Waals surface area contributed by atoms with Gasteiger partial charge in [0.05, 0.1) is 5.57 Å². The van der Waals surface area contributed by atoms with Gasteiger partial charge in [-0.15, -0.1) is 0 Å². The first-order valence-corrected chi connectivity index (χ1v) is 16.3. The van der Waals surface area contributed by atoms with Gasteiger partial charge in [-0.2, -0.15) is 10.4 Å². The lowest BCUT2D eigenvalue weighted by Crippen LogP contribution is -2.74. The number of nitrogens with zero attached hydrogens (tertiary/aromatic N) is 3. The number of ketones is 2. The van der Waals surface area contributed by atoms with Crippen molar-refractivity contribution in [1.29, 1.82) is 5.26 Å². The summed E-state index contributed by atoms with van der Waals surface area (Å²) in [4.78, 5) is 40.9. The van der Waals surface area contributed by atoms with Gasteiger partial charge in [-0.05, 0) is 84.8 Å². The maximum atomic E-state index is 14.7. The summed E-state index contributed by atoms with van der Waals surface area (Å²) < 4.78 is 1.56. The molecule has 1 amide bonds. The van der Waals surface area contributed by atoms with E-state index in [0.717, 1.165) is 44.1 Å². The average Bonchev–Trinajstić information content (AvgIpc) is 3.40. The quantitative estimate of drug-likeness (QED) is 0.473. The van der Waals surface area contributed by atoms with E-state index in [9.17, 15) is 24.8 Å². The minimum Gasteiger partial charge on any atom is -0.381 e. The number of aryl methyl sites for hydroxylation is 1. The standard InChI is InChI=1S/C36H48N4O4/c1-30(2)24-9-11-34(6)25(33(24,5)18-22(20-37)28(30)42)17-27(41)36(44)26-19-31(3,12-13-32(26,4)14-15-35(34,36)7)21-38-29(43)23-10-16-39-40(23)8/h10,16-18,24,26,44H,9,11-15,19,21H2,1-8H3,(H,38,43)/t24-,26+,31-,32+,33-,34+,35-,36+/m0/s1. The number of hydrogen-bond acceptors (Lipinski definition) is 6. The molecule has 8 atom stereocenters. The number of allylic oxidation sites excluding steroid dienone is 3. The number of hydrogen-bond donors (Lipinski definition) is 2. The van der Waals surface area contributed by atoms with E-state index >= 15 is 0 Å². The molecule has 3 fully saturated rings. The normalized spacial score (nSPS) is 44.2. The molecule has 1 heterocycles. The molecule has 5 aliphatic carbocycles. The van der Waals surface area contributed by atoms with Gasteiger partial charge in [0.25, 0.3) is 5.91 Å². The summed E-state index contributed by atoms with van der Waals surface area (Å²) in [6.07, 6.45) is 10.8. The van der Waals surface area contributed by atoms with Gasteiger partial charge in [0, 0.05) is 42.0 Å². The number of carbonyl (C=O) groups excluding carboxylic acids is 3. The Morgan fingerprint density at radius 1 is 1.07 bits per heavy atom. The van der Waals surface area contributed by atoms with Crippen molar-refractivity contribution in [2.75, 3.05) is 6.54 Å². The van der Waals surface area contributed by atoms with Crippen LogP contribution in [0.15, 0.2) is 35.6 Å². The molecule has 0 spiro atoms. The molecular weight excluding hydrogens is 552 g/mol. The third-order valence-electron chi connectivity index (χ3n) is 14.1. The largest absolute Gasteiger partial charge is 0.381 e. The second-order valence-electron chi connectivity index (χ2n) is 16.7. The summed E-state index contributed by atoms with van der Waals surface area (Å²) in [5, 5.41) is 30.3. The van der Waals surface area contributed by atoms with Gasteiger partial charge in [-0.3, -0.25) is 19.1 Å². The fourth-order valence-electron chi connectivity index (χ4n) is 11.0. The lowest BCUT2D eigenvalue weighted by Gasteiger charge is -2.71. The molecule has 8 heteroatoms. The molecule has 236 valence electrons. The Kier molecular flexibility index (Phi) is 6.51. The number of carbonyl (C=O) groups is 3. The van der Waals surface area contributed by atoms with E-state index in [1.807, 2.05) is 19.9 Å². The number of nitrogens with one attached hydrogen (secondary N) is 1. The molecule has 1 aromatic rings. The third-order valence-corrected chi connectivity index (χ3v) is 14.1. The number of fused-ring (bicyclic) bond motifs is 7. The van der Waals surface area contributed by atoms with E-state index in [2.05, 4.69) is 51.1 Å². The molecule has 2 N–H and O–H groups in total. The summed E-state index contributed by atoms with van der Waals surface area (Å²) in [5.41, 5.74) is -3.04. The topological polar surface area (TPSA) is 125 Å². The molecule has 6 rings (SSSR count). The van der Waals surface area contributed by atoms with Gasteiger partial charge < -0.3 is 10.4 Å². The van der Waals surface area contributed by atoms with Gasteiger partial charge in [-0.1, -0.05) is 54.5 Å². The van der Waals surface area contributed by atoms with E-state index in [0.29, 0.717) is 18.7 Å². The average molecular weight is 601 g/mol. The first-order chi connectivity index (χ1) is 20.3. The number of Topliss-reactive ketones (excluding diaryl/α,β-unsaturated/α-hetero) is 1. The lowest BCUT2D eigenvalue weighted by molar-refractivity contribution is -0.243. The van der Waals surface area contributed by atoms with E-state index < -0.39 is 27.3 Å². The van der Waals surface area contributed by atoms with Crippen LogP contribution in [0.3, 0.4) is 0 Å². The zero-order valence-corrected chi connectivity index (χ0v) is 27.6. The fraction of sp³-hybridized carbons (Fsp3) is 0.694. The van der Waals surface area contributed by atoms with E-state index in [1.54, 1.807) is 30.1 Å². The van der Waals surface area contributed by atoms with Crippen molar-refractivity contribution in [1.82, 2.24) is 15.1 Å². The molecule has 0 aliphatic heterocycles. The van der Waals surface area contributed by atoms with Gasteiger partial charge >= 0.3 is 0 Å². The molecule has 0 bridgehead atoms. The number of aromatic nitrogens is 2. The van der Waals surface area contributed by atoms with Crippen molar-refractivity contribution in [2.24, 2.45) is 51.4 Å². The first kappa shape index (κ1) is 31.0. The summed E-state index contributed by atoms with van der Waals surface area (Å²) in [5.74, 6) is -0.860. The zero-order chi connectivity index (χ0) is 32.3. The van der Waals surface area contributed by atoms with E-state index in [1.165, 1.54) is 0 Å². The van der Waals surface area contributed by atoms with Crippen LogP contribution in [0.2, 0.25) is 0 Å². The van der Waals surface area contributed by atoms with Crippen LogP contribution in [-0.2, 0) is 16.6 Å². The number of nitriles is 1. The molecule has 0 aromatic carbocycles. The highest BCUT2D eigenvalue weighted by atomic mass is 16.3. The van der Waals surface area contributed by atoms with Gasteiger partial charge in [-0.25, -0.2) is 0 Å². The third kappa shape index (κ3) is 3.71. The Hall–Kier alpha value is -3.05. The highest BCUT2D eigenvalue weighted by Gasteiger charge is 2.75. The van der Waals surface area contributed by atoms with Crippen LogP contribution in [0, 0.1) is 55.7 Å². The van der Waals surface area contributed by atoms with Crippen molar-refractivity contribution in [3.8, 4) is 6.07 Å². The van der Waals surface area contributed by atoms with Crippen molar-refractivity contribution < 1.29 is 19.5 Å². The lowest BCUT2D eigenvalue weighted by atomic mass is 9.33. The second-order valence-corrected chi connectivity index (χ2v) is 16.7. The van der Waals surface area contributed by atoms with Crippen LogP contribution >= 0.6 is 0 Å². The molecule has 0 radical (unpaired) electrons. The fourth-order valence-corrected chi connectivity index (χ4v) is 11.0. The Balaban J connectivity index is 1.40. The molecule has 1 aromatic heterocycles. The Morgan fingerprint density at radius 2 is 1.75 bits per heavy atom. The number of aliphatic hydroxyl groups is 1. The van der Waals surface area contributed by atoms with Crippen molar-refractivity contribution >= 4 is 17.5 Å². The highest BCUT2D eigenvalue weighted by molar-refractivity contribution is 6.05. The second kappa shape index (κ2) is 9.25. The van der Waals surface area contributed by atoms with Crippen LogP contribution in [0.5, 0.6) is 0 Å². The summed E-state index contributed by atoms with van der Waals surface area (Å²) >= 11 is 0. The monoisotopic (exact) mass is 600 g/mol. The Morgan fingerprint density at radius 3 is 2.39 bits per heavy atom. The predicted molar refractivity (Wildman–Crippen MR) is 166 cm³/mol. The molecule has 8 nitrogen and oxygen atoms in total. The number of rotatable bonds is 3. The van der Waals surface area contributed by atoms with Crippen LogP contribution in [-0.4, -0.2) is 44.5 Å². The highest BCUT2D eigenvalue weighted by Crippen LogP contribution is 2.75. The molecule has 0 saturated heterocycles. The summed E-state index contributed by atoms with van der Waals surface area (Å²) in [7, 11) is 1.75. The maximum Gasteiger partial charge on any atom is 0.269 e. The predicted octanol–water partition coefficient (Wildman–Crippen LogP) is 5.48. The smallest absolute Gasteiger partial charge is 0.269 e. The zero-order valence-electron chi connectivity index (χ0n) is 27.6. The molecular formula is C36H48N4O4.